The lowest BCUT2D eigenvalue weighted by molar-refractivity contribution is 0.126. The second-order valence-electron chi connectivity index (χ2n) is 6.69. The summed E-state index contributed by atoms with van der Waals surface area (Å²) >= 11 is 1.48. The summed E-state index contributed by atoms with van der Waals surface area (Å²) in [5, 5.41) is 28.4. The van der Waals surface area contributed by atoms with Crippen molar-refractivity contribution in [2.24, 2.45) is 0 Å². The first-order valence-electron chi connectivity index (χ1n) is 9.30. The first-order chi connectivity index (χ1) is 12.7. The molecule has 2 aromatic heterocycles. The summed E-state index contributed by atoms with van der Waals surface area (Å²) in [5.74, 6) is 1.37. The molecule has 0 saturated heterocycles. The minimum Gasteiger partial charge on any atom is -0.393 e. The van der Waals surface area contributed by atoms with Crippen molar-refractivity contribution in [1.82, 2.24) is 15.0 Å². The number of hydrogen-bond acceptors (Lipinski definition) is 8. The van der Waals surface area contributed by atoms with Crippen LogP contribution in [0.4, 0.5) is 11.8 Å². The molecular weight excluding hydrogens is 350 g/mol. The molecule has 7 nitrogen and oxygen atoms in total. The number of aliphatic hydroxyl groups excluding tert-OH is 2. The summed E-state index contributed by atoms with van der Waals surface area (Å²) < 4.78 is 0. The van der Waals surface area contributed by atoms with E-state index in [1.54, 1.807) is 6.20 Å². The van der Waals surface area contributed by atoms with Gasteiger partial charge in [0.2, 0.25) is 5.95 Å². The maximum absolute atomic E-state index is 9.72. The predicted octanol–water partition coefficient (Wildman–Crippen LogP) is 3.02. The van der Waals surface area contributed by atoms with Crippen LogP contribution in [0.1, 0.15) is 51.1 Å². The number of thiazole rings is 1. The van der Waals surface area contributed by atoms with Crippen LogP contribution in [0.3, 0.4) is 0 Å². The third-order valence-corrected chi connectivity index (χ3v) is 5.51. The topological polar surface area (TPSA) is 103 Å². The fraction of sp³-hybridized carbons (Fsp3) is 0.611. The summed E-state index contributed by atoms with van der Waals surface area (Å²) in [6, 6.07) is 0.285. The molecule has 1 fully saturated rings. The number of nitrogens with one attached hydrogen (secondary N) is 2. The number of nitrogens with zero attached hydrogens (tertiary/aromatic N) is 3. The summed E-state index contributed by atoms with van der Waals surface area (Å²) in [6.45, 7) is 2.92. The Kier molecular flexibility index (Phi) is 6.76. The maximum Gasteiger partial charge on any atom is 0.224 e. The number of hydrogen-bond donors (Lipinski definition) is 4. The van der Waals surface area contributed by atoms with E-state index in [0.29, 0.717) is 11.6 Å². The average Bonchev–Trinajstić information content (AvgIpc) is 3.13. The van der Waals surface area contributed by atoms with Gasteiger partial charge in [0.15, 0.2) is 0 Å². The van der Waals surface area contributed by atoms with Crippen molar-refractivity contribution in [1.29, 1.82) is 0 Å². The van der Waals surface area contributed by atoms with Gasteiger partial charge in [-0.15, -0.1) is 11.3 Å². The van der Waals surface area contributed by atoms with Crippen molar-refractivity contribution in [3.8, 4) is 10.6 Å². The van der Waals surface area contributed by atoms with Crippen LogP contribution < -0.4 is 10.6 Å². The third kappa shape index (κ3) is 4.90. The van der Waals surface area contributed by atoms with Gasteiger partial charge in [0.05, 0.1) is 24.0 Å². The molecule has 0 radical (unpaired) electrons. The molecule has 0 aliphatic heterocycles. The van der Waals surface area contributed by atoms with Crippen LogP contribution in [0.25, 0.3) is 10.6 Å². The second kappa shape index (κ2) is 9.25. The van der Waals surface area contributed by atoms with Crippen LogP contribution in [0.2, 0.25) is 0 Å². The van der Waals surface area contributed by atoms with Crippen LogP contribution in [0.5, 0.6) is 0 Å². The Morgan fingerprint density at radius 2 is 2.04 bits per heavy atom. The molecule has 2 heterocycles. The van der Waals surface area contributed by atoms with Crippen LogP contribution in [-0.4, -0.2) is 43.9 Å². The first kappa shape index (κ1) is 19.0. The van der Waals surface area contributed by atoms with E-state index < -0.39 is 0 Å². The summed E-state index contributed by atoms with van der Waals surface area (Å²) in [6.07, 6.45) is 7.25. The lowest BCUT2D eigenvalue weighted by atomic mass is 9.93. The van der Waals surface area contributed by atoms with Gasteiger partial charge in [0.25, 0.3) is 0 Å². The van der Waals surface area contributed by atoms with Gasteiger partial charge < -0.3 is 20.8 Å². The number of rotatable bonds is 8. The molecule has 1 saturated carbocycles. The van der Waals surface area contributed by atoms with Crippen molar-refractivity contribution in [3.63, 3.8) is 0 Å². The number of aliphatic hydroxyl groups is 2. The van der Waals surface area contributed by atoms with Crippen molar-refractivity contribution in [2.75, 3.05) is 17.2 Å². The van der Waals surface area contributed by atoms with Crippen LogP contribution in [0.15, 0.2) is 11.6 Å². The van der Waals surface area contributed by atoms with Crippen LogP contribution in [-0.2, 0) is 6.61 Å². The lowest BCUT2D eigenvalue weighted by Crippen LogP contribution is -2.29. The van der Waals surface area contributed by atoms with Gasteiger partial charge >= 0.3 is 0 Å². The molecule has 1 aliphatic rings. The van der Waals surface area contributed by atoms with Gasteiger partial charge in [-0.05, 0) is 32.1 Å². The molecule has 0 atom stereocenters. The molecule has 0 aromatic carbocycles. The molecule has 8 heteroatoms. The normalized spacial score (nSPS) is 20.1. The Morgan fingerprint density at radius 1 is 1.23 bits per heavy atom. The highest BCUT2D eigenvalue weighted by molar-refractivity contribution is 7.13. The molecular formula is C18H27N5O2S. The van der Waals surface area contributed by atoms with Gasteiger partial charge in [-0.2, -0.15) is 4.98 Å². The monoisotopic (exact) mass is 377 g/mol. The molecule has 0 unspecified atom stereocenters. The van der Waals surface area contributed by atoms with Gasteiger partial charge in [-0.1, -0.05) is 13.3 Å². The lowest BCUT2D eigenvalue weighted by Gasteiger charge is -2.27. The van der Waals surface area contributed by atoms with Gasteiger partial charge in [0, 0.05) is 24.2 Å². The Morgan fingerprint density at radius 3 is 2.73 bits per heavy atom. The molecule has 0 spiro atoms. The zero-order valence-electron chi connectivity index (χ0n) is 15.1. The van der Waals surface area contributed by atoms with Crippen LogP contribution in [0, 0.1) is 0 Å². The molecule has 0 amide bonds. The third-order valence-electron chi connectivity index (χ3n) is 4.58. The summed E-state index contributed by atoms with van der Waals surface area (Å²) in [4.78, 5) is 13.6. The number of unbranched alkanes of at least 4 members (excludes halogenated alkanes) is 1. The van der Waals surface area contributed by atoms with E-state index in [1.807, 2.05) is 5.38 Å². The van der Waals surface area contributed by atoms with Gasteiger partial charge in [-0.3, -0.25) is 0 Å². The highest BCUT2D eigenvalue weighted by Gasteiger charge is 2.22. The van der Waals surface area contributed by atoms with Gasteiger partial charge in [0.1, 0.15) is 10.8 Å². The van der Waals surface area contributed by atoms with E-state index in [4.69, 9.17) is 0 Å². The van der Waals surface area contributed by atoms with Crippen molar-refractivity contribution < 1.29 is 10.2 Å². The van der Waals surface area contributed by atoms with Crippen molar-refractivity contribution in [2.45, 2.75) is 64.2 Å². The fourth-order valence-corrected chi connectivity index (χ4v) is 3.85. The highest BCUT2D eigenvalue weighted by Crippen LogP contribution is 2.31. The Labute approximate surface area is 157 Å². The van der Waals surface area contributed by atoms with Crippen molar-refractivity contribution in [3.05, 3.63) is 17.3 Å². The Bertz CT molecular complexity index is 701. The molecule has 4 N–H and O–H groups in total. The quantitative estimate of drug-likeness (QED) is 0.524. The maximum atomic E-state index is 9.72. The van der Waals surface area contributed by atoms with E-state index in [9.17, 15) is 10.2 Å². The molecule has 1 aliphatic carbocycles. The second-order valence-corrected chi connectivity index (χ2v) is 7.55. The number of anilines is 2. The van der Waals surface area contributed by atoms with Crippen LogP contribution >= 0.6 is 11.3 Å². The smallest absolute Gasteiger partial charge is 0.224 e. The highest BCUT2D eigenvalue weighted by atomic mass is 32.1. The molecule has 3 rings (SSSR count). The zero-order valence-corrected chi connectivity index (χ0v) is 15.9. The SMILES string of the molecule is CCCCNc1ncc(-c2nc(CO)cs2)c(N[C@H]2CC[C@H](O)CC2)n1. The van der Waals surface area contributed by atoms with E-state index in [1.165, 1.54) is 11.3 Å². The van der Waals surface area contributed by atoms with E-state index in [2.05, 4.69) is 32.5 Å². The number of aromatic nitrogens is 3. The minimum atomic E-state index is -0.185. The standard InChI is InChI=1S/C18H27N5O2S/c1-2-3-8-19-18-20-9-15(17-22-13(10-24)11-26-17)16(23-18)21-12-4-6-14(25)7-5-12/h9,11-12,14,24-25H,2-8,10H2,1H3,(H2,19,20,21,23)/t12-,14-. The molecule has 26 heavy (non-hydrogen) atoms. The molecule has 0 bridgehead atoms. The fourth-order valence-electron chi connectivity index (χ4n) is 3.03. The molecule has 2 aromatic rings. The molecule has 142 valence electrons. The largest absolute Gasteiger partial charge is 0.393 e. The predicted molar refractivity (Wildman–Crippen MR) is 104 cm³/mol. The first-order valence-corrected chi connectivity index (χ1v) is 10.2. The van der Waals surface area contributed by atoms with Crippen molar-refractivity contribution >= 4 is 23.1 Å². The Hall–Kier alpha value is -1.77. The van der Waals surface area contributed by atoms with E-state index in [0.717, 1.165) is 61.5 Å². The average molecular weight is 378 g/mol. The zero-order chi connectivity index (χ0) is 18.4. The van der Waals surface area contributed by atoms with E-state index in [-0.39, 0.29) is 18.8 Å². The van der Waals surface area contributed by atoms with E-state index >= 15 is 0 Å². The Balaban J connectivity index is 1.82. The van der Waals surface area contributed by atoms with Gasteiger partial charge in [-0.25, -0.2) is 9.97 Å². The summed E-state index contributed by atoms with van der Waals surface area (Å²) in [5.41, 5.74) is 1.50. The minimum absolute atomic E-state index is 0.0721. The summed E-state index contributed by atoms with van der Waals surface area (Å²) in [7, 11) is 0.